The quantitative estimate of drug-likeness (QED) is 0.175. The number of allylic oxidation sites excluding steroid dienone is 1. The molecule has 1 saturated heterocycles. The van der Waals surface area contributed by atoms with Crippen molar-refractivity contribution in [1.82, 2.24) is 14.5 Å². The van der Waals surface area contributed by atoms with Gasteiger partial charge in [-0.15, -0.1) is 0 Å². The number of pyridine rings is 2. The van der Waals surface area contributed by atoms with E-state index in [2.05, 4.69) is 16.9 Å². The lowest BCUT2D eigenvalue weighted by Gasteiger charge is -2.42. The van der Waals surface area contributed by atoms with Crippen molar-refractivity contribution >= 4 is 46.9 Å². The van der Waals surface area contributed by atoms with Gasteiger partial charge in [0.1, 0.15) is 11.4 Å². The van der Waals surface area contributed by atoms with Gasteiger partial charge in [-0.1, -0.05) is 32.0 Å². The summed E-state index contributed by atoms with van der Waals surface area (Å²) in [6.07, 6.45) is 1.42. The number of amides is 1. The Morgan fingerprint density at radius 2 is 1.90 bits per heavy atom. The van der Waals surface area contributed by atoms with Crippen LogP contribution in [-0.2, 0) is 24.2 Å². The van der Waals surface area contributed by atoms with Gasteiger partial charge < -0.3 is 24.8 Å². The van der Waals surface area contributed by atoms with E-state index in [-0.39, 0.29) is 65.6 Å². The molecule has 0 radical (unpaired) electrons. The summed E-state index contributed by atoms with van der Waals surface area (Å²) >= 11 is 6.12. The first kappa shape index (κ1) is 35.0. The number of rotatable bonds is 8. The van der Waals surface area contributed by atoms with Gasteiger partial charge in [0, 0.05) is 57.6 Å². The number of fused-ring (bicyclic) bond motifs is 4. The highest BCUT2D eigenvalue weighted by atomic mass is 35.5. The summed E-state index contributed by atoms with van der Waals surface area (Å²) in [4.78, 5) is 48.6. The third kappa shape index (κ3) is 5.78. The first-order chi connectivity index (χ1) is 23.9. The first-order valence-electron chi connectivity index (χ1n) is 16.2. The van der Waals surface area contributed by atoms with Crippen LogP contribution in [0, 0.1) is 5.82 Å². The van der Waals surface area contributed by atoms with Gasteiger partial charge in [0.05, 0.1) is 40.4 Å². The van der Waals surface area contributed by atoms with Gasteiger partial charge in [0.25, 0.3) is 5.56 Å². The summed E-state index contributed by atoms with van der Waals surface area (Å²) < 4.78 is 68.6. The molecule has 6 rings (SSSR count). The van der Waals surface area contributed by atoms with E-state index in [1.165, 1.54) is 12.1 Å². The molecular formula is C35H35ClF4N6O4. The third-order valence-corrected chi connectivity index (χ3v) is 9.78. The highest BCUT2D eigenvalue weighted by Crippen LogP contribution is 2.46. The number of nitrogens with one attached hydrogen (secondary N) is 1. The Balaban J connectivity index is 1.70. The number of halogens is 5. The molecule has 0 unspecified atom stereocenters. The first-order valence-corrected chi connectivity index (χ1v) is 16.6. The van der Waals surface area contributed by atoms with Gasteiger partial charge in [0.15, 0.2) is 12.1 Å². The molecule has 1 fully saturated rings. The summed E-state index contributed by atoms with van der Waals surface area (Å²) in [6, 6.07) is 0.882. The predicted octanol–water partition coefficient (Wildman–Crippen LogP) is 5.91. The number of aromatic nitrogens is 2. The van der Waals surface area contributed by atoms with Crippen molar-refractivity contribution < 1.29 is 31.9 Å². The van der Waals surface area contributed by atoms with Crippen molar-refractivity contribution in [2.75, 3.05) is 48.4 Å². The minimum atomic E-state index is -5.09. The molecule has 2 aromatic heterocycles. The van der Waals surface area contributed by atoms with Crippen LogP contribution in [0.4, 0.5) is 34.6 Å². The summed E-state index contributed by atoms with van der Waals surface area (Å²) in [5.41, 5.74) is -0.891. The number of aldehydes is 1. The molecule has 0 bridgehead atoms. The Morgan fingerprint density at radius 1 is 1.20 bits per heavy atom. The van der Waals surface area contributed by atoms with Gasteiger partial charge >= 0.3 is 6.18 Å². The summed E-state index contributed by atoms with van der Waals surface area (Å²) in [5.74, 6) is -1.61. The smallest absolute Gasteiger partial charge is 0.431 e. The van der Waals surface area contributed by atoms with E-state index in [9.17, 15) is 14.4 Å². The zero-order valence-corrected chi connectivity index (χ0v) is 28.4. The third-order valence-electron chi connectivity index (χ3n) is 9.50. The topological polar surface area (TPSA) is 100 Å². The van der Waals surface area contributed by atoms with Crippen molar-refractivity contribution in [3.63, 3.8) is 0 Å². The van der Waals surface area contributed by atoms with Crippen LogP contribution in [0.2, 0.25) is 5.02 Å². The van der Waals surface area contributed by atoms with Crippen molar-refractivity contribution in [1.29, 1.82) is 0 Å². The van der Waals surface area contributed by atoms with Crippen LogP contribution >= 0.6 is 11.6 Å². The van der Waals surface area contributed by atoms with Crippen LogP contribution in [-0.4, -0.2) is 72.2 Å². The molecule has 3 aliphatic heterocycles. The molecule has 0 aliphatic carbocycles. The van der Waals surface area contributed by atoms with E-state index >= 15 is 17.6 Å². The van der Waals surface area contributed by atoms with Gasteiger partial charge in [-0.2, -0.15) is 13.2 Å². The van der Waals surface area contributed by atoms with Crippen LogP contribution in [0.3, 0.4) is 0 Å². The standard InChI is InChI=1S/C35H35ClF4N6O4/c1-5-19-14-41-15-20(6-2)30(19)46-25(18-47)23(13-26(35(38,39)40)43(4)32-28(37)24(36)12-21-16-42-29(21)32)31-33(34(46)49)50-11-8-22-17-44(27(48)7-3)9-10-45(22)31/h7,12-15,18,22,42H,3,5-6,8-11,16-17H2,1-2,4H3/b26-13-/t22-/m0/s1. The molecule has 1 atom stereocenters. The summed E-state index contributed by atoms with van der Waals surface area (Å²) in [7, 11) is 1.07. The molecule has 1 N–H and O–H groups in total. The Bertz CT molecular complexity index is 1960. The maximum absolute atomic E-state index is 15.6. The van der Waals surface area contributed by atoms with E-state index < -0.39 is 35.0 Å². The second-order valence-corrected chi connectivity index (χ2v) is 12.6. The molecule has 15 heteroatoms. The molecule has 264 valence electrons. The van der Waals surface area contributed by atoms with Crippen molar-refractivity contribution in [2.45, 2.75) is 51.9 Å². The zero-order valence-electron chi connectivity index (χ0n) is 27.7. The number of nitrogens with zero attached hydrogens (tertiary/aromatic N) is 5. The predicted molar refractivity (Wildman–Crippen MR) is 183 cm³/mol. The molecule has 1 amide bonds. The molecular weight excluding hydrogens is 680 g/mol. The largest absolute Gasteiger partial charge is 0.486 e. The van der Waals surface area contributed by atoms with Gasteiger partial charge in [-0.25, -0.2) is 4.39 Å². The number of ether oxygens (including phenoxy) is 1. The van der Waals surface area contributed by atoms with E-state index in [4.69, 9.17) is 16.3 Å². The Kier molecular flexibility index (Phi) is 9.42. The molecule has 5 heterocycles. The number of benzene rings is 1. The summed E-state index contributed by atoms with van der Waals surface area (Å²) in [5, 5.41) is 2.52. The maximum Gasteiger partial charge on any atom is 0.431 e. The van der Waals surface area contributed by atoms with Crippen LogP contribution in [0.5, 0.6) is 5.75 Å². The molecule has 10 nitrogen and oxygen atoms in total. The number of alkyl halides is 3. The lowest BCUT2D eigenvalue weighted by atomic mass is 10.00. The SMILES string of the molecule is C=CC(=O)N1CCN2c3c(/C=C(\N(C)c4c(F)c(Cl)cc5c4NC5)C(F)(F)F)c(C=O)n(-c4c(CC)cncc4CC)c(=O)c3OCC[C@H]2C1. The maximum atomic E-state index is 15.6. The molecule has 50 heavy (non-hydrogen) atoms. The number of anilines is 3. The normalized spacial score (nSPS) is 17.0. The van der Waals surface area contributed by atoms with Gasteiger partial charge in [0.2, 0.25) is 11.7 Å². The van der Waals surface area contributed by atoms with E-state index in [1.54, 1.807) is 22.2 Å². The van der Waals surface area contributed by atoms with E-state index in [1.807, 2.05) is 13.8 Å². The number of hydrogen-bond acceptors (Lipinski definition) is 8. The zero-order chi connectivity index (χ0) is 36.1. The Labute approximate surface area is 290 Å². The van der Waals surface area contributed by atoms with Crippen molar-refractivity contribution in [2.24, 2.45) is 0 Å². The van der Waals surface area contributed by atoms with Crippen LogP contribution < -0.4 is 25.4 Å². The van der Waals surface area contributed by atoms with E-state index in [0.29, 0.717) is 59.4 Å². The Hall–Kier alpha value is -4.85. The molecule has 0 saturated carbocycles. The highest BCUT2D eigenvalue weighted by Gasteiger charge is 2.42. The molecule has 3 aromatic rings. The van der Waals surface area contributed by atoms with E-state index in [0.717, 1.165) is 17.7 Å². The van der Waals surface area contributed by atoms with Crippen LogP contribution in [0.15, 0.2) is 41.6 Å². The average molecular weight is 715 g/mol. The van der Waals surface area contributed by atoms with Crippen molar-refractivity contribution in [3.8, 4) is 11.4 Å². The van der Waals surface area contributed by atoms with Crippen LogP contribution in [0.25, 0.3) is 11.8 Å². The minimum Gasteiger partial charge on any atom is -0.486 e. The second-order valence-electron chi connectivity index (χ2n) is 12.2. The van der Waals surface area contributed by atoms with Gasteiger partial charge in [-0.3, -0.25) is 23.9 Å². The lowest BCUT2D eigenvalue weighted by molar-refractivity contribution is -0.126. The number of hydrogen-bond donors (Lipinski definition) is 1. The number of piperazine rings is 1. The Morgan fingerprint density at radius 3 is 2.48 bits per heavy atom. The fraction of sp³-hybridized carbons (Fsp3) is 0.371. The number of carbonyl (C=O) groups excluding carboxylic acids is 2. The second kappa shape index (κ2) is 13.5. The monoisotopic (exact) mass is 714 g/mol. The number of carbonyl (C=O) groups is 2. The van der Waals surface area contributed by atoms with Gasteiger partial charge in [-0.05, 0) is 47.8 Å². The van der Waals surface area contributed by atoms with Crippen molar-refractivity contribution in [3.05, 3.63) is 86.0 Å². The fourth-order valence-electron chi connectivity index (χ4n) is 6.96. The lowest BCUT2D eigenvalue weighted by Crippen LogP contribution is -2.55. The highest BCUT2D eigenvalue weighted by molar-refractivity contribution is 6.31. The fourth-order valence-corrected chi connectivity index (χ4v) is 7.18. The molecule has 0 spiro atoms. The summed E-state index contributed by atoms with van der Waals surface area (Å²) in [6.45, 7) is 8.00. The molecule has 1 aromatic carbocycles. The average Bonchev–Trinajstić information content (AvgIpc) is 3.28. The minimum absolute atomic E-state index is 0.0122. The molecule has 3 aliphatic rings. The number of aryl methyl sites for hydroxylation is 2. The van der Waals surface area contributed by atoms with Crippen LogP contribution in [0.1, 0.15) is 53.0 Å².